The minimum Gasteiger partial charge on any atom is -0.450 e. The number of benzene rings is 2. The van der Waals surface area contributed by atoms with E-state index in [9.17, 15) is 19.7 Å². The van der Waals surface area contributed by atoms with Crippen molar-refractivity contribution >= 4 is 34.2 Å². The molecule has 0 radical (unpaired) electrons. The highest BCUT2D eigenvalue weighted by molar-refractivity contribution is 6.31. The molecule has 0 aliphatic carbocycles. The molecule has 1 aliphatic heterocycles. The summed E-state index contributed by atoms with van der Waals surface area (Å²) in [5.41, 5.74) is 0.432. The standard InChI is InChI=1S/C21H18ClN3O5/c1-23(2)8-9-24-18(12-4-3-5-14(10-12)25(28)29)17-19(26)15-11-13(22)6-7-16(15)30-20(17)21(24)27/h3-7,10-11,18H,8-9H2,1-2H3/t18-/m0/s1. The van der Waals surface area contributed by atoms with Crippen LogP contribution in [0.5, 0.6) is 0 Å². The first-order chi connectivity index (χ1) is 14.3. The van der Waals surface area contributed by atoms with Gasteiger partial charge in [-0.25, -0.2) is 0 Å². The molecule has 2 aromatic carbocycles. The number of amides is 1. The summed E-state index contributed by atoms with van der Waals surface area (Å²) < 4.78 is 5.82. The van der Waals surface area contributed by atoms with E-state index < -0.39 is 16.9 Å². The Kier molecular flexibility index (Phi) is 5.05. The van der Waals surface area contributed by atoms with Gasteiger partial charge in [0.25, 0.3) is 11.6 Å². The molecule has 0 spiro atoms. The van der Waals surface area contributed by atoms with Crippen LogP contribution in [0.2, 0.25) is 5.02 Å². The van der Waals surface area contributed by atoms with Crippen LogP contribution in [0.25, 0.3) is 11.0 Å². The van der Waals surface area contributed by atoms with Crippen molar-refractivity contribution in [2.45, 2.75) is 6.04 Å². The molecule has 30 heavy (non-hydrogen) atoms. The van der Waals surface area contributed by atoms with Gasteiger partial charge in [0.2, 0.25) is 5.76 Å². The van der Waals surface area contributed by atoms with Gasteiger partial charge in [-0.2, -0.15) is 0 Å². The first-order valence-corrected chi connectivity index (χ1v) is 9.62. The van der Waals surface area contributed by atoms with Crippen LogP contribution in [0, 0.1) is 10.1 Å². The Morgan fingerprint density at radius 3 is 2.67 bits per heavy atom. The summed E-state index contributed by atoms with van der Waals surface area (Å²) in [6.45, 7) is 0.866. The number of nitro benzene ring substituents is 1. The smallest absolute Gasteiger partial charge is 0.290 e. The quantitative estimate of drug-likeness (QED) is 0.457. The van der Waals surface area contributed by atoms with Crippen LogP contribution in [0.3, 0.4) is 0 Å². The van der Waals surface area contributed by atoms with Crippen molar-refractivity contribution < 1.29 is 14.1 Å². The molecule has 1 aromatic heterocycles. The van der Waals surface area contributed by atoms with Crippen LogP contribution in [0.1, 0.15) is 27.7 Å². The summed E-state index contributed by atoms with van der Waals surface area (Å²) in [6.07, 6.45) is 0. The van der Waals surface area contributed by atoms with Crippen molar-refractivity contribution in [2.75, 3.05) is 27.2 Å². The Bertz CT molecular complexity index is 1240. The minimum absolute atomic E-state index is 0.0370. The topological polar surface area (TPSA) is 96.9 Å². The average molecular weight is 428 g/mol. The van der Waals surface area contributed by atoms with Crippen LogP contribution < -0.4 is 5.43 Å². The molecule has 4 rings (SSSR count). The van der Waals surface area contributed by atoms with Crippen molar-refractivity contribution in [3.05, 3.63) is 84.7 Å². The zero-order chi connectivity index (χ0) is 21.6. The van der Waals surface area contributed by atoms with E-state index in [1.807, 2.05) is 19.0 Å². The zero-order valence-corrected chi connectivity index (χ0v) is 17.0. The Hall–Kier alpha value is -3.23. The van der Waals surface area contributed by atoms with E-state index in [1.165, 1.54) is 23.1 Å². The molecule has 1 amide bonds. The number of fused-ring (bicyclic) bond motifs is 2. The average Bonchev–Trinajstić information content (AvgIpc) is 2.99. The molecule has 3 aromatic rings. The van der Waals surface area contributed by atoms with Gasteiger partial charge >= 0.3 is 0 Å². The SMILES string of the molecule is CN(C)CCN1C(=O)c2oc3ccc(Cl)cc3c(=O)c2[C@@H]1c1cccc([N+](=O)[O-])c1. The number of hydrogen-bond acceptors (Lipinski definition) is 6. The van der Waals surface area contributed by atoms with Gasteiger partial charge in [-0.1, -0.05) is 23.7 Å². The van der Waals surface area contributed by atoms with E-state index in [-0.39, 0.29) is 33.4 Å². The van der Waals surface area contributed by atoms with Gasteiger partial charge in [0, 0.05) is 30.2 Å². The molecule has 2 heterocycles. The molecule has 0 unspecified atom stereocenters. The Labute approximate surface area is 176 Å². The van der Waals surface area contributed by atoms with Gasteiger partial charge in [-0.15, -0.1) is 0 Å². The second-order valence-corrected chi connectivity index (χ2v) is 7.81. The number of non-ortho nitro benzene ring substituents is 1. The molecule has 1 aliphatic rings. The second kappa shape index (κ2) is 7.55. The van der Waals surface area contributed by atoms with Gasteiger partial charge < -0.3 is 14.2 Å². The van der Waals surface area contributed by atoms with Gasteiger partial charge in [0.1, 0.15) is 5.58 Å². The lowest BCUT2D eigenvalue weighted by Gasteiger charge is -2.26. The summed E-state index contributed by atoms with van der Waals surface area (Å²) in [5, 5.41) is 11.9. The Morgan fingerprint density at radius 1 is 1.20 bits per heavy atom. The predicted molar refractivity (Wildman–Crippen MR) is 112 cm³/mol. The highest BCUT2D eigenvalue weighted by Gasteiger charge is 2.42. The lowest BCUT2D eigenvalue weighted by Crippen LogP contribution is -2.35. The number of carbonyl (C=O) groups is 1. The van der Waals surface area contributed by atoms with Gasteiger partial charge in [0.15, 0.2) is 5.43 Å². The molecule has 0 N–H and O–H groups in total. The maximum Gasteiger partial charge on any atom is 0.290 e. The third kappa shape index (κ3) is 3.34. The van der Waals surface area contributed by atoms with E-state index in [4.69, 9.17) is 16.0 Å². The summed E-state index contributed by atoms with van der Waals surface area (Å²) in [6, 6.07) is 9.82. The van der Waals surface area contributed by atoms with Crippen molar-refractivity contribution in [2.24, 2.45) is 0 Å². The monoisotopic (exact) mass is 427 g/mol. The van der Waals surface area contributed by atoms with E-state index in [1.54, 1.807) is 24.3 Å². The lowest BCUT2D eigenvalue weighted by molar-refractivity contribution is -0.384. The van der Waals surface area contributed by atoms with Crippen LogP contribution in [0.15, 0.2) is 51.7 Å². The molecule has 0 fully saturated rings. The number of carbonyl (C=O) groups excluding carboxylic acids is 1. The van der Waals surface area contributed by atoms with Crippen LogP contribution >= 0.6 is 11.6 Å². The van der Waals surface area contributed by atoms with Crippen molar-refractivity contribution in [1.82, 2.24) is 9.80 Å². The normalized spacial score (nSPS) is 15.8. The number of rotatable bonds is 5. The van der Waals surface area contributed by atoms with Gasteiger partial charge in [-0.3, -0.25) is 19.7 Å². The summed E-state index contributed by atoms with van der Waals surface area (Å²) in [5.74, 6) is -0.456. The van der Waals surface area contributed by atoms with Gasteiger partial charge in [-0.05, 0) is 37.9 Å². The van der Waals surface area contributed by atoms with E-state index in [0.717, 1.165) is 0 Å². The maximum atomic E-state index is 13.4. The fourth-order valence-electron chi connectivity index (χ4n) is 3.69. The number of likely N-dealkylation sites (N-methyl/N-ethyl adjacent to an activating group) is 1. The van der Waals surface area contributed by atoms with Crippen LogP contribution in [-0.2, 0) is 0 Å². The van der Waals surface area contributed by atoms with Gasteiger partial charge in [0.05, 0.1) is 21.9 Å². The third-order valence-electron chi connectivity index (χ3n) is 5.11. The van der Waals surface area contributed by atoms with E-state index in [0.29, 0.717) is 23.7 Å². The third-order valence-corrected chi connectivity index (χ3v) is 5.35. The molecule has 9 heteroatoms. The highest BCUT2D eigenvalue weighted by atomic mass is 35.5. The Morgan fingerprint density at radius 2 is 1.97 bits per heavy atom. The minimum atomic E-state index is -0.785. The van der Waals surface area contributed by atoms with Crippen LogP contribution in [-0.4, -0.2) is 47.8 Å². The molecule has 154 valence electrons. The molecule has 0 bridgehead atoms. The second-order valence-electron chi connectivity index (χ2n) is 7.37. The van der Waals surface area contributed by atoms with Crippen LogP contribution in [0.4, 0.5) is 5.69 Å². The molecule has 0 saturated heterocycles. The highest BCUT2D eigenvalue weighted by Crippen LogP contribution is 2.39. The molecule has 0 saturated carbocycles. The van der Waals surface area contributed by atoms with Crippen molar-refractivity contribution in [3.63, 3.8) is 0 Å². The first-order valence-electron chi connectivity index (χ1n) is 9.24. The van der Waals surface area contributed by atoms with Crippen molar-refractivity contribution in [1.29, 1.82) is 0 Å². The zero-order valence-electron chi connectivity index (χ0n) is 16.3. The largest absolute Gasteiger partial charge is 0.450 e. The van der Waals surface area contributed by atoms with E-state index in [2.05, 4.69) is 0 Å². The predicted octanol–water partition coefficient (Wildman–Crippen LogP) is 3.46. The molecule has 1 atom stereocenters. The molecular formula is C21H18ClN3O5. The summed E-state index contributed by atoms with van der Waals surface area (Å²) in [7, 11) is 3.74. The molecular weight excluding hydrogens is 410 g/mol. The number of nitro groups is 1. The van der Waals surface area contributed by atoms with E-state index >= 15 is 0 Å². The lowest BCUT2D eigenvalue weighted by atomic mass is 9.98. The number of nitrogens with zero attached hydrogens (tertiary/aromatic N) is 3. The summed E-state index contributed by atoms with van der Waals surface area (Å²) >= 11 is 6.05. The fourth-order valence-corrected chi connectivity index (χ4v) is 3.86. The number of hydrogen-bond donors (Lipinski definition) is 0. The first kappa shape index (κ1) is 20.1. The summed E-state index contributed by atoms with van der Waals surface area (Å²) in [4.78, 5) is 40.8. The van der Waals surface area contributed by atoms with Crippen molar-refractivity contribution in [3.8, 4) is 0 Å². The maximum absolute atomic E-state index is 13.4. The fraction of sp³-hybridized carbons (Fsp3) is 0.238. The Balaban J connectivity index is 1.96. The molecule has 8 nitrogen and oxygen atoms in total. The number of halogens is 1.